The van der Waals surface area contributed by atoms with E-state index in [1.165, 1.54) is 18.2 Å². The fraction of sp³-hybridized carbons (Fsp3) is 0.211. The van der Waals surface area contributed by atoms with Gasteiger partial charge in [0.1, 0.15) is 5.02 Å². The first-order valence-electron chi connectivity index (χ1n) is 8.00. The number of carbonyl (C=O) groups is 1. The number of amides is 1. The molecule has 6 heteroatoms. The van der Waals surface area contributed by atoms with Crippen LogP contribution >= 0.6 is 11.6 Å². The molecule has 2 aromatic carbocycles. The Balaban J connectivity index is 1.73. The minimum absolute atomic E-state index is 0.0732. The van der Waals surface area contributed by atoms with E-state index in [0.717, 1.165) is 24.8 Å². The molecule has 25 heavy (non-hydrogen) atoms. The number of nitrogens with zero attached hydrogens (tertiary/aromatic N) is 1. The monoisotopic (exact) mass is 356 g/mol. The predicted molar refractivity (Wildman–Crippen MR) is 97.3 cm³/mol. The SMILES string of the molecule is O=C(/C=C/c1ccc(Cl)c([N+](=O)[O-])c1)NC1(c2ccccc2)CCC1. The zero-order valence-corrected chi connectivity index (χ0v) is 14.2. The fourth-order valence-corrected chi connectivity index (χ4v) is 3.18. The minimum atomic E-state index is -0.543. The Morgan fingerprint density at radius 2 is 1.92 bits per heavy atom. The molecule has 1 aliphatic carbocycles. The van der Waals surface area contributed by atoms with Crippen molar-refractivity contribution < 1.29 is 9.72 Å². The van der Waals surface area contributed by atoms with Crippen molar-refractivity contribution in [3.05, 3.63) is 80.9 Å². The number of benzene rings is 2. The second kappa shape index (κ2) is 7.07. The Bertz CT molecular complexity index is 830. The topological polar surface area (TPSA) is 72.2 Å². The molecule has 0 bridgehead atoms. The third-order valence-corrected chi connectivity index (χ3v) is 4.81. The number of hydrogen-bond donors (Lipinski definition) is 1. The Morgan fingerprint density at radius 1 is 1.20 bits per heavy atom. The molecule has 0 radical (unpaired) electrons. The number of rotatable bonds is 5. The van der Waals surface area contributed by atoms with E-state index in [0.29, 0.717) is 5.56 Å². The molecule has 1 fully saturated rings. The van der Waals surface area contributed by atoms with Crippen LogP contribution in [0.15, 0.2) is 54.6 Å². The van der Waals surface area contributed by atoms with E-state index in [4.69, 9.17) is 11.6 Å². The lowest BCUT2D eigenvalue weighted by Gasteiger charge is -2.42. The van der Waals surface area contributed by atoms with Gasteiger partial charge in [0.25, 0.3) is 5.69 Å². The maximum Gasteiger partial charge on any atom is 0.288 e. The summed E-state index contributed by atoms with van der Waals surface area (Å²) in [5.41, 5.74) is 1.16. The Labute approximate surface area is 150 Å². The Hall–Kier alpha value is -2.66. The molecule has 0 unspecified atom stereocenters. The van der Waals surface area contributed by atoms with Crippen LogP contribution in [0.1, 0.15) is 30.4 Å². The lowest BCUT2D eigenvalue weighted by molar-refractivity contribution is -0.384. The first-order valence-corrected chi connectivity index (χ1v) is 8.38. The third-order valence-electron chi connectivity index (χ3n) is 4.49. The van der Waals surface area contributed by atoms with Crippen molar-refractivity contribution in [3.63, 3.8) is 0 Å². The van der Waals surface area contributed by atoms with E-state index in [9.17, 15) is 14.9 Å². The van der Waals surface area contributed by atoms with Gasteiger partial charge < -0.3 is 5.32 Å². The van der Waals surface area contributed by atoms with Gasteiger partial charge in [-0.05, 0) is 42.5 Å². The molecule has 1 aliphatic rings. The third kappa shape index (κ3) is 3.72. The van der Waals surface area contributed by atoms with Gasteiger partial charge in [0.15, 0.2) is 0 Å². The Kier molecular flexibility index (Phi) is 4.86. The molecule has 1 saturated carbocycles. The molecular weight excluding hydrogens is 340 g/mol. The van der Waals surface area contributed by atoms with Crippen LogP contribution in [0.4, 0.5) is 5.69 Å². The normalized spacial score (nSPS) is 15.6. The number of nitrogens with one attached hydrogen (secondary N) is 1. The molecule has 0 saturated heterocycles. The molecule has 3 rings (SSSR count). The highest BCUT2D eigenvalue weighted by molar-refractivity contribution is 6.32. The van der Waals surface area contributed by atoms with Gasteiger partial charge in [0.05, 0.1) is 10.5 Å². The summed E-state index contributed by atoms with van der Waals surface area (Å²) in [7, 11) is 0. The summed E-state index contributed by atoms with van der Waals surface area (Å²) in [5.74, 6) is -0.221. The van der Waals surface area contributed by atoms with Crippen LogP contribution in [-0.4, -0.2) is 10.8 Å². The largest absolute Gasteiger partial charge is 0.343 e. The van der Waals surface area contributed by atoms with Gasteiger partial charge in [0.2, 0.25) is 5.91 Å². The van der Waals surface area contributed by atoms with Crippen molar-refractivity contribution in [2.75, 3.05) is 0 Å². The van der Waals surface area contributed by atoms with Gasteiger partial charge in [-0.25, -0.2) is 0 Å². The molecule has 0 spiro atoms. The van der Waals surface area contributed by atoms with E-state index >= 15 is 0 Å². The van der Waals surface area contributed by atoms with Crippen LogP contribution in [0.5, 0.6) is 0 Å². The van der Waals surface area contributed by atoms with Gasteiger partial charge in [-0.3, -0.25) is 14.9 Å². The number of halogens is 1. The van der Waals surface area contributed by atoms with Crippen LogP contribution in [0.3, 0.4) is 0 Å². The van der Waals surface area contributed by atoms with Gasteiger partial charge in [-0.2, -0.15) is 0 Å². The average molecular weight is 357 g/mol. The lowest BCUT2D eigenvalue weighted by atomic mass is 9.72. The minimum Gasteiger partial charge on any atom is -0.343 e. The fourth-order valence-electron chi connectivity index (χ4n) is 3.00. The van der Waals surface area contributed by atoms with E-state index in [2.05, 4.69) is 5.32 Å². The van der Waals surface area contributed by atoms with E-state index in [1.54, 1.807) is 12.1 Å². The first-order chi connectivity index (χ1) is 12.0. The summed E-state index contributed by atoms with van der Waals surface area (Å²) in [6, 6.07) is 14.4. The quantitative estimate of drug-likeness (QED) is 0.488. The van der Waals surface area contributed by atoms with Crippen LogP contribution < -0.4 is 5.32 Å². The second-order valence-electron chi connectivity index (χ2n) is 6.09. The van der Waals surface area contributed by atoms with Crippen LogP contribution in [0.25, 0.3) is 6.08 Å². The van der Waals surface area contributed by atoms with Crippen molar-refractivity contribution in [1.82, 2.24) is 5.32 Å². The molecule has 0 aromatic heterocycles. The van der Waals surface area contributed by atoms with E-state index in [1.807, 2.05) is 30.3 Å². The zero-order chi connectivity index (χ0) is 17.9. The van der Waals surface area contributed by atoms with Crippen molar-refractivity contribution in [3.8, 4) is 0 Å². The Morgan fingerprint density at radius 3 is 2.52 bits per heavy atom. The number of nitro groups is 1. The average Bonchev–Trinajstić information content (AvgIpc) is 2.58. The standard InChI is InChI=1S/C19H17ClN2O3/c20-16-9-7-14(13-17(16)22(24)25)8-10-18(23)21-19(11-4-12-19)15-5-2-1-3-6-15/h1-3,5-10,13H,4,11-12H2,(H,21,23)/b10-8+. The first kappa shape index (κ1) is 17.2. The van der Waals surface area contributed by atoms with Crippen molar-refractivity contribution in [2.24, 2.45) is 0 Å². The van der Waals surface area contributed by atoms with Gasteiger partial charge in [0, 0.05) is 12.1 Å². The molecule has 5 nitrogen and oxygen atoms in total. The zero-order valence-electron chi connectivity index (χ0n) is 13.4. The van der Waals surface area contributed by atoms with Gasteiger partial charge >= 0.3 is 0 Å². The highest BCUT2D eigenvalue weighted by atomic mass is 35.5. The number of nitro benzene ring substituents is 1. The molecule has 1 amide bonds. The molecule has 2 aromatic rings. The van der Waals surface area contributed by atoms with E-state index in [-0.39, 0.29) is 22.2 Å². The summed E-state index contributed by atoms with van der Waals surface area (Å²) in [5, 5.41) is 14.1. The summed E-state index contributed by atoms with van der Waals surface area (Å²) in [6.07, 6.45) is 5.83. The maximum atomic E-state index is 12.3. The second-order valence-corrected chi connectivity index (χ2v) is 6.50. The maximum absolute atomic E-state index is 12.3. The molecule has 128 valence electrons. The lowest BCUT2D eigenvalue weighted by Crippen LogP contribution is -2.50. The van der Waals surface area contributed by atoms with Crippen molar-refractivity contribution in [1.29, 1.82) is 0 Å². The number of carbonyl (C=O) groups excluding carboxylic acids is 1. The van der Waals surface area contributed by atoms with Gasteiger partial charge in [-0.15, -0.1) is 0 Å². The van der Waals surface area contributed by atoms with Crippen LogP contribution in [0, 0.1) is 10.1 Å². The van der Waals surface area contributed by atoms with Crippen molar-refractivity contribution >= 4 is 29.3 Å². The van der Waals surface area contributed by atoms with Crippen LogP contribution in [0.2, 0.25) is 5.02 Å². The number of hydrogen-bond acceptors (Lipinski definition) is 3. The summed E-state index contributed by atoms with van der Waals surface area (Å²) in [6.45, 7) is 0. The molecule has 0 heterocycles. The van der Waals surface area contributed by atoms with Crippen molar-refractivity contribution in [2.45, 2.75) is 24.8 Å². The summed E-state index contributed by atoms with van der Waals surface area (Å²) < 4.78 is 0. The highest BCUT2D eigenvalue weighted by Crippen LogP contribution is 2.41. The molecule has 0 atom stereocenters. The summed E-state index contributed by atoms with van der Waals surface area (Å²) >= 11 is 5.79. The predicted octanol–water partition coefficient (Wildman–Crippen LogP) is 4.46. The van der Waals surface area contributed by atoms with E-state index < -0.39 is 4.92 Å². The smallest absolute Gasteiger partial charge is 0.288 e. The molecular formula is C19H17ClN2O3. The molecule has 1 N–H and O–H groups in total. The molecule has 0 aliphatic heterocycles. The van der Waals surface area contributed by atoms with Gasteiger partial charge in [-0.1, -0.05) is 48.0 Å². The summed E-state index contributed by atoms with van der Waals surface area (Å²) in [4.78, 5) is 22.7. The highest BCUT2D eigenvalue weighted by Gasteiger charge is 2.39. The van der Waals surface area contributed by atoms with Crippen LogP contribution in [-0.2, 0) is 10.3 Å².